The van der Waals surface area contributed by atoms with Gasteiger partial charge in [0.15, 0.2) is 0 Å². The Morgan fingerprint density at radius 1 is 1.39 bits per heavy atom. The zero-order chi connectivity index (χ0) is 16.1. The molecule has 6 heteroatoms. The van der Waals surface area contributed by atoms with E-state index in [4.69, 9.17) is 9.47 Å². The van der Waals surface area contributed by atoms with Crippen LogP contribution in [0, 0.1) is 0 Å². The number of para-hydroxylation sites is 1. The summed E-state index contributed by atoms with van der Waals surface area (Å²) < 4.78 is 12.2. The zero-order valence-corrected chi connectivity index (χ0v) is 13.2. The molecule has 0 amide bonds. The van der Waals surface area contributed by atoms with Gasteiger partial charge >= 0.3 is 5.97 Å². The van der Waals surface area contributed by atoms with Crippen molar-refractivity contribution in [1.82, 2.24) is 14.7 Å². The predicted octanol–water partition coefficient (Wildman–Crippen LogP) is 1.64. The Hall–Kier alpha value is -2.18. The lowest BCUT2D eigenvalue weighted by Gasteiger charge is -2.32. The van der Waals surface area contributed by atoms with Gasteiger partial charge in [-0.1, -0.05) is 18.2 Å². The van der Waals surface area contributed by atoms with E-state index in [0.717, 1.165) is 30.9 Å². The molecule has 23 heavy (non-hydrogen) atoms. The molecular weight excluding hydrogens is 294 g/mol. The molecule has 0 spiro atoms. The average molecular weight is 315 g/mol. The van der Waals surface area contributed by atoms with Crippen LogP contribution in [0.1, 0.15) is 12.0 Å². The van der Waals surface area contributed by atoms with Crippen LogP contribution in [0.5, 0.6) is 0 Å². The van der Waals surface area contributed by atoms with Crippen molar-refractivity contribution in [3.8, 4) is 5.69 Å². The highest BCUT2D eigenvalue weighted by Gasteiger charge is 2.23. The van der Waals surface area contributed by atoms with E-state index in [1.54, 1.807) is 0 Å². The van der Waals surface area contributed by atoms with Gasteiger partial charge in [0.2, 0.25) is 0 Å². The van der Waals surface area contributed by atoms with Crippen LogP contribution in [-0.4, -0.2) is 53.6 Å². The third-order valence-corrected chi connectivity index (χ3v) is 3.91. The normalized spacial score (nSPS) is 18.7. The Morgan fingerprint density at radius 3 is 3.00 bits per heavy atom. The van der Waals surface area contributed by atoms with Crippen LogP contribution in [0.3, 0.4) is 0 Å². The summed E-state index contributed by atoms with van der Waals surface area (Å²) in [5.41, 5.74) is 2.19. The molecule has 0 aliphatic carbocycles. The third-order valence-electron chi connectivity index (χ3n) is 3.91. The second kappa shape index (κ2) is 7.39. The van der Waals surface area contributed by atoms with Crippen molar-refractivity contribution in [2.75, 3.05) is 26.8 Å². The van der Waals surface area contributed by atoms with E-state index < -0.39 is 0 Å². The molecule has 1 fully saturated rings. The van der Waals surface area contributed by atoms with Crippen LogP contribution >= 0.6 is 0 Å². The van der Waals surface area contributed by atoms with E-state index in [-0.39, 0.29) is 12.1 Å². The number of aromatic nitrogens is 2. The first kappa shape index (κ1) is 15.7. The SMILES string of the molecule is COC(=O)C[C@@H]1CN(Cc2cnn(-c3ccccc3)c2)CCO1. The highest BCUT2D eigenvalue weighted by atomic mass is 16.5. The van der Waals surface area contributed by atoms with Gasteiger partial charge in [-0.15, -0.1) is 0 Å². The Balaban J connectivity index is 1.59. The van der Waals surface area contributed by atoms with Gasteiger partial charge in [-0.05, 0) is 12.1 Å². The van der Waals surface area contributed by atoms with E-state index in [2.05, 4.69) is 10.00 Å². The minimum atomic E-state index is -0.228. The number of carbonyl (C=O) groups excluding carboxylic acids is 1. The number of benzene rings is 1. The van der Waals surface area contributed by atoms with Gasteiger partial charge in [0.1, 0.15) is 0 Å². The van der Waals surface area contributed by atoms with Crippen molar-refractivity contribution in [2.45, 2.75) is 19.1 Å². The predicted molar refractivity (Wildman–Crippen MR) is 85.2 cm³/mol. The fourth-order valence-corrected chi connectivity index (χ4v) is 2.74. The van der Waals surface area contributed by atoms with Crippen molar-refractivity contribution < 1.29 is 14.3 Å². The number of carbonyl (C=O) groups is 1. The molecule has 3 rings (SSSR count). The molecule has 1 aromatic heterocycles. The van der Waals surface area contributed by atoms with Crippen LogP contribution < -0.4 is 0 Å². The quantitative estimate of drug-likeness (QED) is 0.785. The number of morpholine rings is 1. The number of methoxy groups -OCH3 is 1. The van der Waals surface area contributed by atoms with Crippen LogP contribution in [-0.2, 0) is 20.8 Å². The maximum absolute atomic E-state index is 11.4. The van der Waals surface area contributed by atoms with E-state index in [0.29, 0.717) is 13.0 Å². The molecule has 0 radical (unpaired) electrons. The summed E-state index contributed by atoms with van der Waals surface area (Å²) in [5.74, 6) is -0.228. The zero-order valence-electron chi connectivity index (χ0n) is 13.2. The standard InChI is InChI=1S/C17H21N3O3/c1-22-17(21)9-16-13-19(7-8-23-16)11-14-10-18-20(12-14)15-5-3-2-4-6-15/h2-6,10,12,16H,7-9,11,13H2,1H3/t16-/m1/s1. The second-order valence-electron chi connectivity index (χ2n) is 5.64. The van der Waals surface area contributed by atoms with Gasteiger partial charge in [0, 0.05) is 31.4 Å². The average Bonchev–Trinajstić information content (AvgIpc) is 3.04. The highest BCUT2D eigenvalue weighted by Crippen LogP contribution is 2.14. The molecule has 1 aliphatic heterocycles. The van der Waals surface area contributed by atoms with Crippen LogP contribution in [0.25, 0.3) is 5.69 Å². The molecule has 0 bridgehead atoms. The number of ether oxygens (including phenoxy) is 2. The van der Waals surface area contributed by atoms with Crippen molar-refractivity contribution >= 4 is 5.97 Å². The third kappa shape index (κ3) is 4.18. The second-order valence-corrected chi connectivity index (χ2v) is 5.64. The van der Waals surface area contributed by atoms with Gasteiger partial charge in [-0.25, -0.2) is 4.68 Å². The molecular formula is C17H21N3O3. The summed E-state index contributed by atoms with van der Waals surface area (Å²) >= 11 is 0. The number of rotatable bonds is 5. The lowest BCUT2D eigenvalue weighted by Crippen LogP contribution is -2.42. The summed E-state index contributed by atoms with van der Waals surface area (Å²) in [6.45, 7) is 3.02. The fraction of sp³-hybridized carbons (Fsp3) is 0.412. The minimum Gasteiger partial charge on any atom is -0.469 e. The molecule has 1 saturated heterocycles. The lowest BCUT2D eigenvalue weighted by molar-refractivity contribution is -0.145. The molecule has 0 saturated carbocycles. The van der Waals surface area contributed by atoms with Gasteiger partial charge in [-0.2, -0.15) is 5.10 Å². The smallest absolute Gasteiger partial charge is 0.308 e. The maximum atomic E-state index is 11.4. The molecule has 1 aliphatic rings. The lowest BCUT2D eigenvalue weighted by atomic mass is 10.2. The molecule has 1 atom stereocenters. The van der Waals surface area contributed by atoms with E-state index in [1.807, 2.05) is 47.4 Å². The molecule has 0 unspecified atom stereocenters. The summed E-state index contributed by atoms with van der Waals surface area (Å²) in [7, 11) is 1.40. The van der Waals surface area contributed by atoms with Gasteiger partial charge in [0.25, 0.3) is 0 Å². The summed E-state index contributed by atoms with van der Waals surface area (Å²) in [6, 6.07) is 10.0. The van der Waals surface area contributed by atoms with Crippen molar-refractivity contribution in [1.29, 1.82) is 0 Å². The molecule has 2 aromatic rings. The first-order valence-corrected chi connectivity index (χ1v) is 7.74. The topological polar surface area (TPSA) is 56.6 Å². The summed E-state index contributed by atoms with van der Waals surface area (Å²) in [6.07, 6.45) is 4.13. The summed E-state index contributed by atoms with van der Waals surface area (Å²) in [5, 5.41) is 4.42. The fourth-order valence-electron chi connectivity index (χ4n) is 2.74. The largest absolute Gasteiger partial charge is 0.469 e. The first-order chi connectivity index (χ1) is 11.2. The molecule has 122 valence electrons. The van der Waals surface area contributed by atoms with Gasteiger partial charge in [0.05, 0.1) is 38.1 Å². The Morgan fingerprint density at radius 2 is 2.22 bits per heavy atom. The van der Waals surface area contributed by atoms with Crippen LogP contribution in [0.2, 0.25) is 0 Å². The molecule has 2 heterocycles. The number of esters is 1. The van der Waals surface area contributed by atoms with E-state index in [1.165, 1.54) is 7.11 Å². The number of hydrogen-bond acceptors (Lipinski definition) is 5. The van der Waals surface area contributed by atoms with Crippen molar-refractivity contribution in [3.05, 3.63) is 48.3 Å². The van der Waals surface area contributed by atoms with E-state index >= 15 is 0 Å². The minimum absolute atomic E-state index is 0.0969. The number of nitrogens with zero attached hydrogens (tertiary/aromatic N) is 3. The maximum Gasteiger partial charge on any atom is 0.308 e. The van der Waals surface area contributed by atoms with Crippen LogP contribution in [0.15, 0.2) is 42.7 Å². The number of hydrogen-bond donors (Lipinski definition) is 0. The molecule has 6 nitrogen and oxygen atoms in total. The molecule has 0 N–H and O–H groups in total. The van der Waals surface area contributed by atoms with Crippen molar-refractivity contribution in [3.63, 3.8) is 0 Å². The first-order valence-electron chi connectivity index (χ1n) is 7.74. The van der Waals surface area contributed by atoms with Gasteiger partial charge in [-0.3, -0.25) is 9.69 Å². The van der Waals surface area contributed by atoms with E-state index in [9.17, 15) is 4.79 Å². The van der Waals surface area contributed by atoms with Gasteiger partial charge < -0.3 is 9.47 Å². The summed E-state index contributed by atoms with van der Waals surface area (Å²) in [4.78, 5) is 13.7. The molecule has 1 aromatic carbocycles. The van der Waals surface area contributed by atoms with Crippen LogP contribution in [0.4, 0.5) is 0 Å². The monoisotopic (exact) mass is 315 g/mol. The Kier molecular flexibility index (Phi) is 5.05. The van der Waals surface area contributed by atoms with Crippen molar-refractivity contribution in [2.24, 2.45) is 0 Å². The highest BCUT2D eigenvalue weighted by molar-refractivity contribution is 5.69. The Bertz CT molecular complexity index is 642. The Labute approximate surface area is 135 Å².